The molecule has 2 rings (SSSR count). The van der Waals surface area contributed by atoms with Crippen LogP contribution in [0.4, 0.5) is 0 Å². The summed E-state index contributed by atoms with van der Waals surface area (Å²) in [6, 6.07) is 0. The quantitative estimate of drug-likeness (QED) is 0.663. The highest BCUT2D eigenvalue weighted by molar-refractivity contribution is 8.01. The summed E-state index contributed by atoms with van der Waals surface area (Å²) in [4.78, 5) is 0.435. The zero-order valence-electron chi connectivity index (χ0n) is 9.68. The molecule has 2 heteroatoms. The maximum Gasteiger partial charge on any atom is 0.0673 e. The molecule has 1 heterocycles. The average molecular weight is 213 g/mol. The van der Waals surface area contributed by atoms with E-state index < -0.39 is 0 Å². The van der Waals surface area contributed by atoms with Crippen molar-refractivity contribution in [3.63, 3.8) is 0 Å². The van der Waals surface area contributed by atoms with Gasteiger partial charge in [-0.1, -0.05) is 20.8 Å². The van der Waals surface area contributed by atoms with Crippen molar-refractivity contribution in [3.8, 4) is 0 Å². The summed E-state index contributed by atoms with van der Waals surface area (Å²) < 4.78 is 0. The van der Waals surface area contributed by atoms with Gasteiger partial charge in [0.05, 0.1) is 4.87 Å². The minimum absolute atomic E-state index is 0.435. The Morgan fingerprint density at radius 3 is 2.64 bits per heavy atom. The van der Waals surface area contributed by atoms with Crippen molar-refractivity contribution in [2.45, 2.75) is 56.6 Å². The fraction of sp³-hybridized carbons (Fsp3) is 1.00. The van der Waals surface area contributed by atoms with Crippen molar-refractivity contribution in [2.24, 2.45) is 11.8 Å². The van der Waals surface area contributed by atoms with Gasteiger partial charge in [-0.2, -0.15) is 0 Å². The first-order valence-electron chi connectivity index (χ1n) is 6.05. The topological polar surface area (TPSA) is 12.0 Å². The number of rotatable bonds is 0. The first-order chi connectivity index (χ1) is 6.62. The van der Waals surface area contributed by atoms with Gasteiger partial charge in [0.2, 0.25) is 0 Å². The van der Waals surface area contributed by atoms with Gasteiger partial charge in [0.1, 0.15) is 0 Å². The van der Waals surface area contributed by atoms with Crippen LogP contribution in [0.25, 0.3) is 0 Å². The molecule has 0 aromatic heterocycles. The Balaban J connectivity index is 2.06. The van der Waals surface area contributed by atoms with Crippen LogP contribution in [-0.4, -0.2) is 16.7 Å². The lowest BCUT2D eigenvalue weighted by Crippen LogP contribution is -2.54. The largest absolute Gasteiger partial charge is 0.303 e. The normalized spacial score (nSPS) is 49.5. The summed E-state index contributed by atoms with van der Waals surface area (Å²) in [5.41, 5.74) is 0. The van der Waals surface area contributed by atoms with E-state index in [1.54, 1.807) is 0 Å². The molecule has 0 aromatic rings. The van der Waals surface area contributed by atoms with Gasteiger partial charge >= 0.3 is 0 Å². The van der Waals surface area contributed by atoms with Crippen LogP contribution in [0, 0.1) is 11.8 Å². The molecule has 1 N–H and O–H groups in total. The van der Waals surface area contributed by atoms with Gasteiger partial charge in [-0.3, -0.25) is 0 Å². The molecule has 1 saturated carbocycles. The first kappa shape index (κ1) is 10.8. The molecule has 1 aliphatic carbocycles. The Morgan fingerprint density at radius 2 is 2.00 bits per heavy atom. The molecule has 0 radical (unpaired) electrons. The zero-order chi connectivity index (χ0) is 10.2. The predicted octanol–water partition coefficient (Wildman–Crippen LogP) is 3.25. The van der Waals surface area contributed by atoms with Gasteiger partial charge in [-0.15, -0.1) is 11.8 Å². The second-order valence-corrected chi connectivity index (χ2v) is 7.08. The minimum atomic E-state index is 0.435. The van der Waals surface area contributed by atoms with E-state index >= 15 is 0 Å². The van der Waals surface area contributed by atoms with Crippen molar-refractivity contribution < 1.29 is 0 Å². The fourth-order valence-corrected chi connectivity index (χ4v) is 4.71. The Labute approximate surface area is 92.4 Å². The summed E-state index contributed by atoms with van der Waals surface area (Å²) in [6.07, 6.45) is 5.54. The zero-order valence-corrected chi connectivity index (χ0v) is 10.5. The Morgan fingerprint density at radius 1 is 1.21 bits per heavy atom. The van der Waals surface area contributed by atoms with Crippen molar-refractivity contribution in [1.82, 2.24) is 5.32 Å². The van der Waals surface area contributed by atoms with E-state index in [0.717, 1.165) is 17.1 Å². The van der Waals surface area contributed by atoms with Crippen LogP contribution in [0.5, 0.6) is 0 Å². The second kappa shape index (κ2) is 4.05. The van der Waals surface area contributed by atoms with Gasteiger partial charge in [0.15, 0.2) is 0 Å². The van der Waals surface area contributed by atoms with Gasteiger partial charge in [0.25, 0.3) is 0 Å². The van der Waals surface area contributed by atoms with Crippen LogP contribution in [0.2, 0.25) is 0 Å². The minimum Gasteiger partial charge on any atom is -0.303 e. The number of hydrogen-bond acceptors (Lipinski definition) is 2. The molecule has 1 nitrogen and oxygen atoms in total. The molecule has 1 spiro atoms. The third-order valence-corrected chi connectivity index (χ3v) is 5.76. The van der Waals surface area contributed by atoms with Crippen LogP contribution in [0.15, 0.2) is 0 Å². The summed E-state index contributed by atoms with van der Waals surface area (Å²) in [6.45, 7) is 8.46. The van der Waals surface area contributed by atoms with E-state index in [0.29, 0.717) is 4.87 Å². The van der Waals surface area contributed by atoms with Gasteiger partial charge < -0.3 is 5.32 Å². The lowest BCUT2D eigenvalue weighted by atomic mass is 9.79. The Bertz CT molecular complexity index is 206. The monoisotopic (exact) mass is 213 g/mol. The van der Waals surface area contributed by atoms with Crippen molar-refractivity contribution in [2.75, 3.05) is 6.54 Å². The molecule has 14 heavy (non-hydrogen) atoms. The summed E-state index contributed by atoms with van der Waals surface area (Å²) in [5.74, 6) is 1.79. The summed E-state index contributed by atoms with van der Waals surface area (Å²) in [5, 5.41) is 4.65. The van der Waals surface area contributed by atoms with Gasteiger partial charge in [0, 0.05) is 5.25 Å². The number of nitrogens with one attached hydrogen (secondary N) is 1. The molecular formula is C12H23NS. The smallest absolute Gasteiger partial charge is 0.0673 e. The van der Waals surface area contributed by atoms with E-state index in [-0.39, 0.29) is 0 Å². The van der Waals surface area contributed by atoms with E-state index in [1.807, 2.05) is 0 Å². The van der Waals surface area contributed by atoms with Crippen LogP contribution >= 0.6 is 11.8 Å². The van der Waals surface area contributed by atoms with Crippen LogP contribution in [0.3, 0.4) is 0 Å². The molecular weight excluding hydrogens is 190 g/mol. The second-order valence-electron chi connectivity index (χ2n) is 5.31. The third kappa shape index (κ3) is 1.96. The highest BCUT2D eigenvalue weighted by atomic mass is 32.2. The van der Waals surface area contributed by atoms with Crippen molar-refractivity contribution >= 4 is 11.8 Å². The molecule has 4 unspecified atom stereocenters. The highest BCUT2D eigenvalue weighted by Crippen LogP contribution is 2.47. The molecule has 0 amide bonds. The van der Waals surface area contributed by atoms with Crippen LogP contribution in [-0.2, 0) is 0 Å². The maximum atomic E-state index is 3.80. The lowest BCUT2D eigenvalue weighted by molar-refractivity contribution is 0.196. The number of hydrogen-bond donors (Lipinski definition) is 1. The fourth-order valence-electron chi connectivity index (χ4n) is 3.00. The molecule has 4 atom stereocenters. The SMILES string of the molecule is CC1CCC2(NCCC(C)S2)C(C)C1. The summed E-state index contributed by atoms with van der Waals surface area (Å²) in [7, 11) is 0. The molecule has 2 aliphatic rings. The Kier molecular flexibility index (Phi) is 3.13. The van der Waals surface area contributed by atoms with Crippen LogP contribution < -0.4 is 5.32 Å². The highest BCUT2D eigenvalue weighted by Gasteiger charge is 2.43. The molecule has 0 bridgehead atoms. The summed E-state index contributed by atoms with van der Waals surface area (Å²) >= 11 is 2.21. The Hall–Kier alpha value is 0.310. The average Bonchev–Trinajstić information content (AvgIpc) is 2.13. The van der Waals surface area contributed by atoms with E-state index in [1.165, 1.54) is 32.2 Å². The lowest BCUT2D eigenvalue weighted by Gasteiger charge is -2.49. The molecule has 1 aliphatic heterocycles. The molecule has 0 aromatic carbocycles. The number of thioether (sulfide) groups is 1. The molecule has 1 saturated heterocycles. The van der Waals surface area contributed by atoms with Gasteiger partial charge in [-0.25, -0.2) is 0 Å². The predicted molar refractivity (Wildman–Crippen MR) is 64.6 cm³/mol. The van der Waals surface area contributed by atoms with Crippen molar-refractivity contribution in [1.29, 1.82) is 0 Å². The molecule has 2 fully saturated rings. The van der Waals surface area contributed by atoms with E-state index in [9.17, 15) is 0 Å². The third-order valence-electron chi connectivity index (χ3n) is 3.95. The van der Waals surface area contributed by atoms with E-state index in [4.69, 9.17) is 0 Å². The van der Waals surface area contributed by atoms with Crippen molar-refractivity contribution in [3.05, 3.63) is 0 Å². The molecule has 82 valence electrons. The maximum absolute atomic E-state index is 3.80. The van der Waals surface area contributed by atoms with E-state index in [2.05, 4.69) is 37.8 Å². The first-order valence-corrected chi connectivity index (χ1v) is 6.93. The van der Waals surface area contributed by atoms with Crippen LogP contribution in [0.1, 0.15) is 46.5 Å². The van der Waals surface area contributed by atoms with Gasteiger partial charge in [-0.05, 0) is 44.1 Å². The standard InChI is InChI=1S/C12H23NS/c1-9-4-6-12(10(2)8-9)13-7-5-11(3)14-12/h9-11,13H,4-8H2,1-3H3.